The number of primary amides is 1. The monoisotopic (exact) mass is 268 g/mol. The van der Waals surface area contributed by atoms with Crippen molar-refractivity contribution in [3.63, 3.8) is 0 Å². The normalized spacial score (nSPS) is 10.6. The van der Waals surface area contributed by atoms with E-state index in [1.54, 1.807) is 30.1 Å². The van der Waals surface area contributed by atoms with E-state index < -0.39 is 11.9 Å². The number of halogens is 1. The summed E-state index contributed by atoms with van der Waals surface area (Å²) in [6.45, 7) is 0.0372. The molecule has 0 saturated heterocycles. The van der Waals surface area contributed by atoms with E-state index in [1.165, 1.54) is 6.08 Å². The van der Waals surface area contributed by atoms with Crippen LogP contribution in [0, 0.1) is 0 Å². The highest BCUT2D eigenvalue weighted by atomic mass is 35.5. The SMILES string of the molecule is CN(CC(N)=O)c1ccc(Cl)cc1/C=C/C(=O)O. The van der Waals surface area contributed by atoms with E-state index in [2.05, 4.69) is 0 Å². The van der Waals surface area contributed by atoms with Crippen LogP contribution < -0.4 is 10.6 Å². The lowest BCUT2D eigenvalue weighted by atomic mass is 10.1. The molecule has 6 heteroatoms. The van der Waals surface area contributed by atoms with Crippen molar-refractivity contribution in [1.82, 2.24) is 0 Å². The first kappa shape index (κ1) is 14.1. The van der Waals surface area contributed by atoms with E-state index in [1.807, 2.05) is 0 Å². The number of hydrogen-bond acceptors (Lipinski definition) is 3. The molecule has 0 aliphatic rings. The number of nitrogens with two attached hydrogens (primary N) is 1. The minimum absolute atomic E-state index is 0.0372. The van der Waals surface area contributed by atoms with Gasteiger partial charge in [-0.25, -0.2) is 4.79 Å². The molecular formula is C12H13ClN2O3. The molecule has 0 fully saturated rings. The first-order valence-electron chi connectivity index (χ1n) is 5.10. The summed E-state index contributed by atoms with van der Waals surface area (Å²) in [7, 11) is 1.69. The number of amides is 1. The van der Waals surface area contributed by atoms with Crippen molar-refractivity contribution in [2.75, 3.05) is 18.5 Å². The molecule has 1 amide bonds. The number of carboxylic acid groups (broad SMARTS) is 1. The maximum absolute atomic E-state index is 10.9. The molecule has 0 atom stereocenters. The molecule has 1 rings (SSSR count). The molecule has 0 aliphatic heterocycles. The summed E-state index contributed by atoms with van der Waals surface area (Å²) in [5, 5.41) is 9.09. The number of rotatable bonds is 5. The summed E-state index contributed by atoms with van der Waals surface area (Å²) in [5.41, 5.74) is 6.40. The fourth-order valence-corrected chi connectivity index (χ4v) is 1.67. The topological polar surface area (TPSA) is 83.6 Å². The van der Waals surface area contributed by atoms with Gasteiger partial charge >= 0.3 is 5.97 Å². The molecule has 0 spiro atoms. The van der Waals surface area contributed by atoms with Crippen molar-refractivity contribution in [1.29, 1.82) is 0 Å². The highest BCUT2D eigenvalue weighted by Crippen LogP contribution is 2.24. The molecule has 0 heterocycles. The van der Waals surface area contributed by atoms with Crippen LogP contribution in [0.25, 0.3) is 6.08 Å². The number of hydrogen-bond donors (Lipinski definition) is 2. The Morgan fingerprint density at radius 1 is 1.50 bits per heavy atom. The molecule has 0 unspecified atom stereocenters. The summed E-state index contributed by atoms with van der Waals surface area (Å²) in [5.74, 6) is -1.53. The number of carbonyl (C=O) groups excluding carboxylic acids is 1. The Morgan fingerprint density at radius 2 is 2.17 bits per heavy atom. The van der Waals surface area contributed by atoms with Gasteiger partial charge in [-0.15, -0.1) is 0 Å². The average Bonchev–Trinajstić information content (AvgIpc) is 2.25. The first-order chi connectivity index (χ1) is 8.40. The van der Waals surface area contributed by atoms with Crippen molar-refractivity contribution in [3.8, 4) is 0 Å². The Labute approximate surface area is 109 Å². The Kier molecular flexibility index (Phi) is 4.74. The third-order valence-electron chi connectivity index (χ3n) is 2.20. The van der Waals surface area contributed by atoms with Gasteiger partial charge in [-0.05, 0) is 29.8 Å². The maximum atomic E-state index is 10.9. The van der Waals surface area contributed by atoms with Crippen molar-refractivity contribution in [2.24, 2.45) is 5.73 Å². The van der Waals surface area contributed by atoms with Gasteiger partial charge in [0.2, 0.25) is 5.91 Å². The predicted molar refractivity (Wildman–Crippen MR) is 70.6 cm³/mol. The smallest absolute Gasteiger partial charge is 0.328 e. The highest BCUT2D eigenvalue weighted by Gasteiger charge is 2.08. The molecule has 5 nitrogen and oxygen atoms in total. The van der Waals surface area contributed by atoms with E-state index in [9.17, 15) is 9.59 Å². The molecular weight excluding hydrogens is 256 g/mol. The number of likely N-dealkylation sites (N-methyl/N-ethyl adjacent to an activating group) is 1. The van der Waals surface area contributed by atoms with Crippen LogP contribution in [0.15, 0.2) is 24.3 Å². The average molecular weight is 269 g/mol. The number of anilines is 1. The third-order valence-corrected chi connectivity index (χ3v) is 2.43. The van der Waals surface area contributed by atoms with Crippen LogP contribution >= 0.6 is 11.6 Å². The van der Waals surface area contributed by atoms with Crippen LogP contribution in [-0.4, -0.2) is 30.6 Å². The molecule has 3 N–H and O–H groups in total. The van der Waals surface area contributed by atoms with Gasteiger partial charge in [0.15, 0.2) is 0 Å². The molecule has 0 bridgehead atoms. The van der Waals surface area contributed by atoms with E-state index in [4.69, 9.17) is 22.4 Å². The second kappa shape index (κ2) is 6.07. The largest absolute Gasteiger partial charge is 0.478 e. The second-order valence-corrected chi connectivity index (χ2v) is 4.13. The molecule has 0 aliphatic carbocycles. The lowest BCUT2D eigenvalue weighted by Crippen LogP contribution is -2.30. The molecule has 1 aromatic rings. The van der Waals surface area contributed by atoms with Gasteiger partial charge in [-0.1, -0.05) is 11.6 Å². The molecule has 18 heavy (non-hydrogen) atoms. The number of carbonyl (C=O) groups is 2. The van der Waals surface area contributed by atoms with Crippen LogP contribution in [0.3, 0.4) is 0 Å². The zero-order chi connectivity index (χ0) is 13.7. The van der Waals surface area contributed by atoms with Crippen LogP contribution in [0.2, 0.25) is 5.02 Å². The zero-order valence-corrected chi connectivity index (χ0v) is 10.5. The van der Waals surface area contributed by atoms with E-state index in [0.29, 0.717) is 16.3 Å². The molecule has 1 aromatic carbocycles. The van der Waals surface area contributed by atoms with Crippen LogP contribution in [0.4, 0.5) is 5.69 Å². The van der Waals surface area contributed by atoms with Crippen LogP contribution in [0.5, 0.6) is 0 Å². The lowest BCUT2D eigenvalue weighted by molar-refractivity contribution is -0.131. The molecule has 0 saturated carbocycles. The van der Waals surface area contributed by atoms with Crippen LogP contribution in [0.1, 0.15) is 5.56 Å². The Hall–Kier alpha value is -2.01. The summed E-state index contributed by atoms with van der Waals surface area (Å²) in [6.07, 6.45) is 2.42. The number of benzene rings is 1. The summed E-state index contributed by atoms with van der Waals surface area (Å²) < 4.78 is 0. The Bertz CT molecular complexity index is 500. The predicted octanol–water partition coefficient (Wildman–Crippen LogP) is 1.36. The van der Waals surface area contributed by atoms with Gasteiger partial charge in [-0.2, -0.15) is 0 Å². The van der Waals surface area contributed by atoms with Crippen molar-refractivity contribution < 1.29 is 14.7 Å². The quantitative estimate of drug-likeness (QED) is 0.790. The summed E-state index contributed by atoms with van der Waals surface area (Å²) in [4.78, 5) is 23.0. The van der Waals surface area contributed by atoms with E-state index in [0.717, 1.165) is 6.08 Å². The summed E-state index contributed by atoms with van der Waals surface area (Å²) in [6, 6.07) is 4.98. The lowest BCUT2D eigenvalue weighted by Gasteiger charge is -2.19. The summed E-state index contributed by atoms with van der Waals surface area (Å²) >= 11 is 5.85. The zero-order valence-electron chi connectivity index (χ0n) is 9.76. The van der Waals surface area contributed by atoms with Crippen molar-refractivity contribution >= 4 is 35.2 Å². The third kappa shape index (κ3) is 4.10. The number of carboxylic acids is 1. The molecule has 0 aromatic heterocycles. The van der Waals surface area contributed by atoms with Gasteiger partial charge in [0.25, 0.3) is 0 Å². The highest BCUT2D eigenvalue weighted by molar-refractivity contribution is 6.30. The minimum atomic E-state index is -1.06. The Morgan fingerprint density at radius 3 is 2.72 bits per heavy atom. The van der Waals surface area contributed by atoms with Gasteiger partial charge in [0.1, 0.15) is 0 Å². The van der Waals surface area contributed by atoms with Crippen molar-refractivity contribution in [2.45, 2.75) is 0 Å². The maximum Gasteiger partial charge on any atom is 0.328 e. The Balaban J connectivity index is 3.10. The number of nitrogens with zero attached hydrogens (tertiary/aromatic N) is 1. The van der Waals surface area contributed by atoms with Gasteiger partial charge in [0, 0.05) is 23.8 Å². The fraction of sp³-hybridized carbons (Fsp3) is 0.167. The molecule has 0 radical (unpaired) electrons. The molecule has 96 valence electrons. The van der Waals surface area contributed by atoms with Gasteiger partial charge in [-0.3, -0.25) is 4.79 Å². The van der Waals surface area contributed by atoms with E-state index in [-0.39, 0.29) is 6.54 Å². The number of aliphatic carboxylic acids is 1. The second-order valence-electron chi connectivity index (χ2n) is 3.70. The van der Waals surface area contributed by atoms with Crippen LogP contribution in [-0.2, 0) is 9.59 Å². The van der Waals surface area contributed by atoms with E-state index >= 15 is 0 Å². The van der Waals surface area contributed by atoms with Crippen molar-refractivity contribution in [3.05, 3.63) is 34.9 Å². The standard InChI is InChI=1S/C12H13ClN2O3/c1-15(7-11(14)16)10-4-3-9(13)6-8(10)2-5-12(17)18/h2-6H,7H2,1H3,(H2,14,16)(H,17,18)/b5-2+. The van der Waals surface area contributed by atoms with Gasteiger partial charge in [0.05, 0.1) is 6.54 Å². The minimum Gasteiger partial charge on any atom is -0.478 e. The van der Waals surface area contributed by atoms with Gasteiger partial charge < -0.3 is 15.7 Å². The first-order valence-corrected chi connectivity index (χ1v) is 5.48. The fourth-order valence-electron chi connectivity index (χ4n) is 1.49.